The minimum atomic E-state index is -3.34. The Morgan fingerprint density at radius 2 is 1.81 bits per heavy atom. The van der Waals surface area contributed by atoms with Gasteiger partial charge in [-0.25, -0.2) is 0 Å². The highest BCUT2D eigenvalue weighted by molar-refractivity contribution is 7.86. The Labute approximate surface area is 126 Å². The molecule has 0 amide bonds. The van der Waals surface area contributed by atoms with E-state index >= 15 is 0 Å². The minimum absolute atomic E-state index is 0.0836. The molecule has 0 spiro atoms. The van der Waals surface area contributed by atoms with Crippen molar-refractivity contribution in [1.29, 1.82) is 0 Å². The summed E-state index contributed by atoms with van der Waals surface area (Å²) in [5, 5.41) is 0. The fourth-order valence-electron chi connectivity index (χ4n) is 3.13. The van der Waals surface area contributed by atoms with E-state index in [1.165, 1.54) is 5.56 Å². The summed E-state index contributed by atoms with van der Waals surface area (Å²) in [5.74, 6) is 0. The SMILES string of the molecule is O=S(=O)(N1CCOCC1)N1CCCC1Cc1ccccc1. The highest BCUT2D eigenvalue weighted by Crippen LogP contribution is 2.26. The van der Waals surface area contributed by atoms with Crippen molar-refractivity contribution in [2.45, 2.75) is 25.3 Å². The molecule has 2 saturated heterocycles. The number of morpholine rings is 1. The minimum Gasteiger partial charge on any atom is -0.379 e. The van der Waals surface area contributed by atoms with Crippen LogP contribution in [0.15, 0.2) is 30.3 Å². The predicted molar refractivity (Wildman–Crippen MR) is 81.2 cm³/mol. The number of hydrogen-bond donors (Lipinski definition) is 0. The van der Waals surface area contributed by atoms with Crippen LogP contribution in [-0.2, 0) is 21.4 Å². The zero-order chi connectivity index (χ0) is 14.7. The van der Waals surface area contributed by atoms with Gasteiger partial charge in [-0.05, 0) is 24.8 Å². The van der Waals surface area contributed by atoms with Gasteiger partial charge in [0.25, 0.3) is 10.2 Å². The number of benzene rings is 1. The molecule has 3 rings (SSSR count). The largest absolute Gasteiger partial charge is 0.379 e. The Morgan fingerprint density at radius 3 is 2.52 bits per heavy atom. The van der Waals surface area contributed by atoms with Crippen LogP contribution in [0.4, 0.5) is 0 Å². The Hall–Kier alpha value is -0.950. The van der Waals surface area contributed by atoms with Crippen molar-refractivity contribution in [3.63, 3.8) is 0 Å². The molecular weight excluding hydrogens is 288 g/mol. The van der Waals surface area contributed by atoms with Crippen LogP contribution in [-0.4, -0.2) is 55.9 Å². The Kier molecular flexibility index (Phi) is 4.59. The van der Waals surface area contributed by atoms with Crippen LogP contribution in [0.3, 0.4) is 0 Å². The summed E-state index contributed by atoms with van der Waals surface area (Å²) in [6.45, 7) is 2.57. The van der Waals surface area contributed by atoms with E-state index in [1.54, 1.807) is 8.61 Å². The van der Waals surface area contributed by atoms with Crippen LogP contribution in [0.25, 0.3) is 0 Å². The van der Waals surface area contributed by atoms with E-state index in [0.29, 0.717) is 32.8 Å². The summed E-state index contributed by atoms with van der Waals surface area (Å²) in [5.41, 5.74) is 1.20. The average Bonchev–Trinajstić information content (AvgIpc) is 2.98. The second kappa shape index (κ2) is 6.44. The Balaban J connectivity index is 1.73. The van der Waals surface area contributed by atoms with Crippen molar-refractivity contribution in [2.24, 2.45) is 0 Å². The van der Waals surface area contributed by atoms with Crippen LogP contribution in [0.5, 0.6) is 0 Å². The molecule has 0 N–H and O–H groups in total. The second-order valence-electron chi connectivity index (χ2n) is 5.62. The van der Waals surface area contributed by atoms with Crippen LogP contribution < -0.4 is 0 Å². The molecule has 0 bridgehead atoms. The summed E-state index contributed by atoms with van der Waals surface area (Å²) in [6.07, 6.45) is 2.68. The molecule has 116 valence electrons. The molecule has 2 aliphatic rings. The van der Waals surface area contributed by atoms with Gasteiger partial charge in [0.1, 0.15) is 0 Å². The maximum absolute atomic E-state index is 12.8. The molecule has 6 heteroatoms. The number of ether oxygens (including phenoxy) is 1. The van der Waals surface area contributed by atoms with E-state index in [1.807, 2.05) is 18.2 Å². The first-order valence-corrected chi connectivity index (χ1v) is 8.96. The molecule has 1 aromatic carbocycles. The Morgan fingerprint density at radius 1 is 1.10 bits per heavy atom. The van der Waals surface area contributed by atoms with E-state index < -0.39 is 10.2 Å². The van der Waals surface area contributed by atoms with E-state index in [0.717, 1.165) is 19.3 Å². The fraction of sp³-hybridized carbons (Fsp3) is 0.600. The van der Waals surface area contributed by atoms with Gasteiger partial charge in [0.15, 0.2) is 0 Å². The molecule has 0 radical (unpaired) electrons. The molecule has 0 aliphatic carbocycles. The predicted octanol–water partition coefficient (Wildman–Crippen LogP) is 1.27. The van der Waals surface area contributed by atoms with Gasteiger partial charge in [-0.2, -0.15) is 17.0 Å². The van der Waals surface area contributed by atoms with Crippen LogP contribution >= 0.6 is 0 Å². The van der Waals surface area contributed by atoms with Gasteiger partial charge >= 0.3 is 0 Å². The van der Waals surface area contributed by atoms with Crippen LogP contribution in [0, 0.1) is 0 Å². The van der Waals surface area contributed by atoms with Crippen molar-refractivity contribution in [2.75, 3.05) is 32.8 Å². The fourth-order valence-corrected chi connectivity index (χ4v) is 4.95. The first-order valence-electron chi connectivity index (χ1n) is 7.56. The van der Waals surface area contributed by atoms with Crippen LogP contribution in [0.1, 0.15) is 18.4 Å². The molecule has 5 nitrogen and oxygen atoms in total. The van der Waals surface area contributed by atoms with Crippen molar-refractivity contribution in [3.8, 4) is 0 Å². The lowest BCUT2D eigenvalue weighted by Crippen LogP contribution is -2.50. The summed E-state index contributed by atoms with van der Waals surface area (Å²) in [6, 6.07) is 10.2. The van der Waals surface area contributed by atoms with Gasteiger partial charge in [0.2, 0.25) is 0 Å². The first kappa shape index (κ1) is 15.0. The molecule has 2 aliphatic heterocycles. The maximum Gasteiger partial charge on any atom is 0.282 e. The third-order valence-electron chi connectivity index (χ3n) is 4.23. The molecule has 1 atom stereocenters. The summed E-state index contributed by atoms with van der Waals surface area (Å²) >= 11 is 0. The highest BCUT2D eigenvalue weighted by Gasteiger charge is 2.38. The summed E-state index contributed by atoms with van der Waals surface area (Å²) in [7, 11) is -3.34. The molecule has 1 unspecified atom stereocenters. The zero-order valence-corrected chi connectivity index (χ0v) is 13.0. The number of hydrogen-bond acceptors (Lipinski definition) is 3. The molecule has 2 heterocycles. The van der Waals surface area contributed by atoms with Crippen molar-refractivity contribution in [1.82, 2.24) is 8.61 Å². The number of nitrogens with zero attached hydrogens (tertiary/aromatic N) is 2. The second-order valence-corrected chi connectivity index (χ2v) is 7.50. The third kappa shape index (κ3) is 3.29. The van der Waals surface area contributed by atoms with E-state index in [-0.39, 0.29) is 6.04 Å². The smallest absolute Gasteiger partial charge is 0.282 e. The van der Waals surface area contributed by atoms with Gasteiger partial charge in [-0.1, -0.05) is 30.3 Å². The van der Waals surface area contributed by atoms with Gasteiger partial charge in [0, 0.05) is 25.7 Å². The maximum atomic E-state index is 12.8. The molecule has 0 saturated carbocycles. The molecule has 21 heavy (non-hydrogen) atoms. The lowest BCUT2D eigenvalue weighted by Gasteiger charge is -2.33. The van der Waals surface area contributed by atoms with E-state index in [2.05, 4.69) is 12.1 Å². The standard InChI is InChI=1S/C15H22N2O3S/c18-21(19,16-9-11-20-12-10-16)17-8-4-7-15(17)13-14-5-2-1-3-6-14/h1-3,5-6,15H,4,7-13H2. The lowest BCUT2D eigenvalue weighted by molar-refractivity contribution is 0.0699. The van der Waals surface area contributed by atoms with Gasteiger partial charge < -0.3 is 4.74 Å². The van der Waals surface area contributed by atoms with Gasteiger partial charge in [-0.15, -0.1) is 0 Å². The molecule has 2 fully saturated rings. The normalized spacial score (nSPS) is 25.2. The van der Waals surface area contributed by atoms with Crippen molar-refractivity contribution in [3.05, 3.63) is 35.9 Å². The lowest BCUT2D eigenvalue weighted by atomic mass is 10.1. The monoisotopic (exact) mass is 310 g/mol. The van der Waals surface area contributed by atoms with Crippen molar-refractivity contribution >= 4 is 10.2 Å². The van der Waals surface area contributed by atoms with Crippen LogP contribution in [0.2, 0.25) is 0 Å². The summed E-state index contributed by atoms with van der Waals surface area (Å²) < 4.78 is 34.1. The highest BCUT2D eigenvalue weighted by atomic mass is 32.2. The summed E-state index contributed by atoms with van der Waals surface area (Å²) in [4.78, 5) is 0. The van der Waals surface area contributed by atoms with E-state index in [4.69, 9.17) is 4.74 Å². The molecule has 1 aromatic rings. The molecular formula is C15H22N2O3S. The third-order valence-corrected chi connectivity index (χ3v) is 6.32. The first-order chi connectivity index (χ1) is 10.2. The Bertz CT molecular complexity index is 556. The van der Waals surface area contributed by atoms with E-state index in [9.17, 15) is 8.42 Å². The average molecular weight is 310 g/mol. The van der Waals surface area contributed by atoms with Gasteiger partial charge in [-0.3, -0.25) is 0 Å². The topological polar surface area (TPSA) is 49.9 Å². The van der Waals surface area contributed by atoms with Gasteiger partial charge in [0.05, 0.1) is 13.2 Å². The van der Waals surface area contributed by atoms with Crippen molar-refractivity contribution < 1.29 is 13.2 Å². The molecule has 0 aromatic heterocycles. The zero-order valence-electron chi connectivity index (χ0n) is 12.1. The quantitative estimate of drug-likeness (QED) is 0.841. The number of rotatable bonds is 4.